The normalized spacial score (nSPS) is 14.5. The molecule has 1 saturated carbocycles. The first-order valence-corrected chi connectivity index (χ1v) is 5.57. The number of hydrogen-bond donors (Lipinski definition) is 0. The summed E-state index contributed by atoms with van der Waals surface area (Å²) in [6, 6.07) is 6.97. The summed E-state index contributed by atoms with van der Waals surface area (Å²) in [7, 11) is 0. The Kier molecular flexibility index (Phi) is 3.66. The highest BCUT2D eigenvalue weighted by Gasteiger charge is 2.21. The molecule has 1 aliphatic rings. The maximum Gasteiger partial charge on any atom is 0.189 e. The highest BCUT2D eigenvalue weighted by Crippen LogP contribution is 2.28. The van der Waals surface area contributed by atoms with Crippen LogP contribution in [0.15, 0.2) is 18.2 Å². The van der Waals surface area contributed by atoms with Crippen LogP contribution in [0.4, 0.5) is 0 Å². The van der Waals surface area contributed by atoms with Crippen molar-refractivity contribution in [2.75, 3.05) is 13.4 Å². The topological polar surface area (TPSA) is 42.2 Å². The smallest absolute Gasteiger partial charge is 0.189 e. The fourth-order valence-corrected chi connectivity index (χ4v) is 1.50. The van der Waals surface area contributed by atoms with Gasteiger partial charge in [0.25, 0.3) is 0 Å². The van der Waals surface area contributed by atoms with Crippen molar-refractivity contribution in [1.29, 1.82) is 5.26 Å². The first-order chi connectivity index (χ1) is 7.79. The molecule has 2 rings (SSSR count). The molecule has 0 heterocycles. The van der Waals surface area contributed by atoms with E-state index in [0.717, 1.165) is 12.5 Å². The van der Waals surface area contributed by atoms with E-state index in [9.17, 15) is 0 Å². The average Bonchev–Trinajstić information content (AvgIpc) is 3.08. The predicted octanol–water partition coefficient (Wildman–Crippen LogP) is 2.97. The minimum absolute atomic E-state index is 0.235. The zero-order valence-corrected chi connectivity index (χ0v) is 9.54. The van der Waals surface area contributed by atoms with Gasteiger partial charge in [-0.1, -0.05) is 11.6 Å². The Morgan fingerprint density at radius 2 is 2.25 bits per heavy atom. The van der Waals surface area contributed by atoms with Crippen LogP contribution in [0.2, 0.25) is 5.02 Å². The minimum Gasteiger partial charge on any atom is -0.468 e. The molecule has 0 radical (unpaired) electrons. The molecule has 0 spiro atoms. The van der Waals surface area contributed by atoms with Crippen molar-refractivity contribution in [2.24, 2.45) is 5.92 Å². The van der Waals surface area contributed by atoms with Gasteiger partial charge in [0.2, 0.25) is 0 Å². The SMILES string of the molecule is N#Cc1ccc(OCOCC2CC2)cc1Cl. The van der Waals surface area contributed by atoms with Crippen LogP contribution in [-0.4, -0.2) is 13.4 Å². The Morgan fingerprint density at radius 1 is 1.44 bits per heavy atom. The molecule has 0 atom stereocenters. The van der Waals surface area contributed by atoms with Crippen LogP contribution in [-0.2, 0) is 4.74 Å². The van der Waals surface area contributed by atoms with E-state index < -0.39 is 0 Å². The lowest BCUT2D eigenvalue weighted by Crippen LogP contribution is -2.05. The number of benzene rings is 1. The van der Waals surface area contributed by atoms with E-state index in [4.69, 9.17) is 26.3 Å². The second kappa shape index (κ2) is 5.20. The quantitative estimate of drug-likeness (QED) is 0.584. The Hall–Kier alpha value is -1.24. The highest BCUT2D eigenvalue weighted by atomic mass is 35.5. The van der Waals surface area contributed by atoms with Gasteiger partial charge in [-0.15, -0.1) is 0 Å². The lowest BCUT2D eigenvalue weighted by molar-refractivity contribution is 0.00999. The summed E-state index contributed by atoms with van der Waals surface area (Å²) in [6.45, 7) is 1.00. The summed E-state index contributed by atoms with van der Waals surface area (Å²) in [5, 5.41) is 9.10. The monoisotopic (exact) mass is 237 g/mol. The third-order valence-corrected chi connectivity index (χ3v) is 2.73. The van der Waals surface area contributed by atoms with Crippen molar-refractivity contribution in [1.82, 2.24) is 0 Å². The highest BCUT2D eigenvalue weighted by molar-refractivity contribution is 6.31. The van der Waals surface area contributed by atoms with Crippen molar-refractivity contribution in [3.8, 4) is 11.8 Å². The largest absolute Gasteiger partial charge is 0.468 e. The number of rotatable bonds is 5. The minimum atomic E-state index is 0.235. The Bertz CT molecular complexity index is 410. The number of nitrogens with zero attached hydrogens (tertiary/aromatic N) is 1. The molecule has 4 heteroatoms. The van der Waals surface area contributed by atoms with Crippen LogP contribution in [0, 0.1) is 17.2 Å². The van der Waals surface area contributed by atoms with Crippen molar-refractivity contribution in [3.05, 3.63) is 28.8 Å². The maximum atomic E-state index is 8.69. The molecule has 1 aromatic carbocycles. The average molecular weight is 238 g/mol. The third-order valence-electron chi connectivity index (χ3n) is 2.42. The van der Waals surface area contributed by atoms with Crippen LogP contribution < -0.4 is 4.74 Å². The van der Waals surface area contributed by atoms with E-state index in [-0.39, 0.29) is 6.79 Å². The molecule has 1 fully saturated rings. The fourth-order valence-electron chi connectivity index (χ4n) is 1.29. The first kappa shape index (κ1) is 11.3. The van der Waals surface area contributed by atoms with E-state index in [2.05, 4.69) is 0 Å². The molecular weight excluding hydrogens is 226 g/mol. The third kappa shape index (κ3) is 3.13. The summed E-state index contributed by atoms with van der Waals surface area (Å²) in [5.74, 6) is 1.35. The number of ether oxygens (including phenoxy) is 2. The van der Waals surface area contributed by atoms with E-state index in [1.807, 2.05) is 6.07 Å². The van der Waals surface area contributed by atoms with Gasteiger partial charge in [-0.25, -0.2) is 0 Å². The van der Waals surface area contributed by atoms with Gasteiger partial charge in [0.1, 0.15) is 11.8 Å². The predicted molar refractivity (Wildman–Crippen MR) is 60.3 cm³/mol. The van der Waals surface area contributed by atoms with E-state index >= 15 is 0 Å². The summed E-state index contributed by atoms with van der Waals surface area (Å²) in [4.78, 5) is 0. The summed E-state index contributed by atoms with van der Waals surface area (Å²) in [5.41, 5.74) is 0.452. The molecule has 0 aromatic heterocycles. The van der Waals surface area contributed by atoms with Crippen LogP contribution in [0.3, 0.4) is 0 Å². The van der Waals surface area contributed by atoms with Gasteiger partial charge in [0.15, 0.2) is 6.79 Å². The second-order valence-corrected chi connectivity index (χ2v) is 4.24. The first-order valence-electron chi connectivity index (χ1n) is 5.20. The molecule has 0 aliphatic heterocycles. The molecule has 3 nitrogen and oxygen atoms in total. The van der Waals surface area contributed by atoms with Gasteiger partial charge in [-0.05, 0) is 30.9 Å². The Morgan fingerprint density at radius 3 is 2.88 bits per heavy atom. The fraction of sp³-hybridized carbons (Fsp3) is 0.417. The van der Waals surface area contributed by atoms with E-state index in [1.165, 1.54) is 12.8 Å². The van der Waals surface area contributed by atoms with Crippen LogP contribution in [0.5, 0.6) is 5.75 Å². The lowest BCUT2D eigenvalue weighted by atomic mass is 10.2. The van der Waals surface area contributed by atoms with Gasteiger partial charge in [-0.3, -0.25) is 0 Å². The van der Waals surface area contributed by atoms with Gasteiger partial charge < -0.3 is 9.47 Å². The van der Waals surface area contributed by atoms with Crippen LogP contribution in [0.25, 0.3) is 0 Å². The molecule has 84 valence electrons. The number of nitriles is 1. The number of hydrogen-bond acceptors (Lipinski definition) is 3. The van der Waals surface area contributed by atoms with Crippen LogP contribution in [0.1, 0.15) is 18.4 Å². The number of halogens is 1. The van der Waals surface area contributed by atoms with Crippen molar-refractivity contribution in [3.63, 3.8) is 0 Å². The molecule has 1 aliphatic carbocycles. The molecule has 0 N–H and O–H groups in total. The van der Waals surface area contributed by atoms with Crippen molar-refractivity contribution in [2.45, 2.75) is 12.8 Å². The van der Waals surface area contributed by atoms with Crippen molar-refractivity contribution < 1.29 is 9.47 Å². The standard InChI is InChI=1S/C12H12ClNO2/c13-12-5-11(4-3-10(12)6-14)16-8-15-7-9-1-2-9/h3-5,9H,1-2,7-8H2. The van der Waals surface area contributed by atoms with E-state index in [0.29, 0.717) is 16.3 Å². The molecule has 0 bridgehead atoms. The molecular formula is C12H12ClNO2. The zero-order valence-electron chi connectivity index (χ0n) is 8.78. The molecule has 16 heavy (non-hydrogen) atoms. The molecule has 0 unspecified atom stereocenters. The molecule has 0 amide bonds. The zero-order chi connectivity index (χ0) is 11.4. The van der Waals surface area contributed by atoms with Gasteiger partial charge in [-0.2, -0.15) is 5.26 Å². The molecule has 1 aromatic rings. The van der Waals surface area contributed by atoms with Gasteiger partial charge in [0.05, 0.1) is 17.2 Å². The molecule has 0 saturated heterocycles. The Labute approximate surface area is 99.5 Å². The summed E-state index contributed by atoms with van der Waals surface area (Å²) >= 11 is 5.86. The summed E-state index contributed by atoms with van der Waals surface area (Å²) < 4.78 is 10.7. The van der Waals surface area contributed by atoms with Crippen molar-refractivity contribution >= 4 is 11.6 Å². The second-order valence-electron chi connectivity index (χ2n) is 3.83. The van der Waals surface area contributed by atoms with Gasteiger partial charge in [0, 0.05) is 6.07 Å². The maximum absolute atomic E-state index is 8.69. The summed E-state index contributed by atoms with van der Waals surface area (Å²) in [6.07, 6.45) is 2.53. The Balaban J connectivity index is 1.79. The van der Waals surface area contributed by atoms with E-state index in [1.54, 1.807) is 18.2 Å². The van der Waals surface area contributed by atoms with Gasteiger partial charge >= 0.3 is 0 Å². The lowest BCUT2D eigenvalue weighted by Gasteiger charge is -2.07. The van der Waals surface area contributed by atoms with Crippen LogP contribution >= 0.6 is 11.6 Å².